The van der Waals surface area contributed by atoms with Crippen LogP contribution in [0.15, 0.2) is 23.0 Å². The highest BCUT2D eigenvalue weighted by molar-refractivity contribution is 6.24. The average Bonchev–Trinajstić information content (AvgIpc) is 2.81. The van der Waals surface area contributed by atoms with Crippen molar-refractivity contribution in [3.8, 4) is 5.75 Å². The number of nitrogens with zero attached hydrogens (tertiary/aromatic N) is 3. The van der Waals surface area contributed by atoms with Gasteiger partial charge in [-0.15, -0.1) is 0 Å². The molecule has 0 aromatic heterocycles. The van der Waals surface area contributed by atoms with Gasteiger partial charge < -0.3 is 41.3 Å². The zero-order valence-corrected chi connectivity index (χ0v) is 23.3. The highest BCUT2D eigenvalue weighted by Gasteiger charge is 2.64. The van der Waals surface area contributed by atoms with Crippen LogP contribution in [-0.4, -0.2) is 114 Å². The van der Waals surface area contributed by atoms with Crippen molar-refractivity contribution in [1.82, 2.24) is 9.80 Å². The Morgan fingerprint density at radius 3 is 2.25 bits per heavy atom. The molecule has 1 fully saturated rings. The largest absolute Gasteiger partial charge is 0.508 e. The second-order valence-electron chi connectivity index (χ2n) is 11.3. The number of benzene rings is 1. The fraction of sp³-hybridized carbons (Fsp3) is 0.481. The summed E-state index contributed by atoms with van der Waals surface area (Å²) in [5, 5.41) is 48.0. The van der Waals surface area contributed by atoms with Crippen molar-refractivity contribution < 1.29 is 39.6 Å². The van der Waals surface area contributed by atoms with Gasteiger partial charge >= 0.3 is 0 Å². The minimum atomic E-state index is -2.72. The first-order valence-corrected chi connectivity index (χ1v) is 12.7. The number of aliphatic hydroxyl groups is 3. The van der Waals surface area contributed by atoms with E-state index in [-0.39, 0.29) is 36.2 Å². The van der Waals surface area contributed by atoms with Crippen LogP contribution < -0.4 is 16.0 Å². The third-order valence-electron chi connectivity index (χ3n) is 7.91. The van der Waals surface area contributed by atoms with E-state index in [9.17, 15) is 39.6 Å². The van der Waals surface area contributed by atoms with Crippen molar-refractivity contribution in [2.75, 3.05) is 59.0 Å². The van der Waals surface area contributed by atoms with Crippen LogP contribution in [0.5, 0.6) is 5.75 Å². The minimum absolute atomic E-state index is 0.00874. The number of amides is 2. The predicted molar refractivity (Wildman–Crippen MR) is 146 cm³/mol. The van der Waals surface area contributed by atoms with E-state index in [1.807, 2.05) is 0 Å². The topological polar surface area (TPSA) is 197 Å². The Hall–Kier alpha value is -3.94. The lowest BCUT2D eigenvalue weighted by Gasteiger charge is -2.50. The number of aromatic hydroxyl groups is 1. The first kappa shape index (κ1) is 29.1. The van der Waals surface area contributed by atoms with Gasteiger partial charge in [-0.05, 0) is 58.6 Å². The lowest BCUT2D eigenvalue weighted by Crippen LogP contribution is -2.65. The van der Waals surface area contributed by atoms with Gasteiger partial charge in [0.1, 0.15) is 22.8 Å². The molecule has 4 atom stereocenters. The van der Waals surface area contributed by atoms with E-state index in [2.05, 4.69) is 5.32 Å². The van der Waals surface area contributed by atoms with Crippen molar-refractivity contribution in [1.29, 1.82) is 0 Å². The van der Waals surface area contributed by atoms with Crippen LogP contribution >= 0.6 is 0 Å². The van der Waals surface area contributed by atoms with Crippen LogP contribution in [0.3, 0.4) is 0 Å². The summed E-state index contributed by atoms with van der Waals surface area (Å²) >= 11 is 0. The zero-order chi connectivity index (χ0) is 30.0. The lowest BCUT2D eigenvalue weighted by atomic mass is 9.57. The number of anilines is 2. The van der Waals surface area contributed by atoms with E-state index in [4.69, 9.17) is 5.73 Å². The molecular formula is C27H35N5O8. The molecule has 1 aromatic rings. The Morgan fingerprint density at radius 2 is 1.73 bits per heavy atom. The van der Waals surface area contributed by atoms with Crippen molar-refractivity contribution >= 4 is 40.5 Å². The van der Waals surface area contributed by atoms with Crippen molar-refractivity contribution in [3.63, 3.8) is 0 Å². The average molecular weight is 558 g/mol. The Balaban J connectivity index is 1.95. The Labute approximate surface area is 231 Å². The fourth-order valence-electron chi connectivity index (χ4n) is 6.26. The molecule has 0 bridgehead atoms. The number of phenols is 1. The number of fused-ring (bicyclic) bond motifs is 3. The highest BCUT2D eigenvalue weighted by atomic mass is 16.3. The fourth-order valence-corrected chi connectivity index (χ4v) is 6.26. The lowest BCUT2D eigenvalue weighted by molar-refractivity contribution is -0.153. The molecule has 2 amide bonds. The molecule has 0 saturated heterocycles. The first-order valence-electron chi connectivity index (χ1n) is 12.7. The molecule has 0 heterocycles. The standard InChI is InChI=1S/C27H35N5O8/c1-30(2)10-16(33)29-14-9-15(31(3)4)12-7-11-8-13-20(32(5)6)23(36)19(26(28)39)25(38)27(13,40)24(37)17(11)22(35)18(12)21(14)34/h9,11,13,20,34-35,38,40H,7-8,10H2,1-6H3,(H2,28,39)(H,29,33)/t11-,13-,20-,27-/m0/s1. The molecule has 216 valence electrons. The van der Waals surface area contributed by atoms with Gasteiger partial charge in [-0.25, -0.2) is 0 Å². The number of nitrogens with one attached hydrogen (secondary N) is 1. The van der Waals surface area contributed by atoms with Crippen LogP contribution in [0.25, 0.3) is 5.76 Å². The smallest absolute Gasteiger partial charge is 0.255 e. The monoisotopic (exact) mass is 557 g/mol. The summed E-state index contributed by atoms with van der Waals surface area (Å²) in [6.07, 6.45) is 0.127. The maximum Gasteiger partial charge on any atom is 0.255 e. The molecule has 13 nitrogen and oxygen atoms in total. The second kappa shape index (κ2) is 9.91. The number of rotatable bonds is 6. The number of Topliss-reactive ketones (excluding diaryl/α,β-unsaturated/α-hetero) is 2. The molecule has 1 saturated carbocycles. The van der Waals surface area contributed by atoms with E-state index >= 15 is 0 Å². The first-order chi connectivity index (χ1) is 18.5. The summed E-state index contributed by atoms with van der Waals surface area (Å²) in [5.41, 5.74) is 2.48. The molecule has 0 aliphatic heterocycles. The van der Waals surface area contributed by atoms with Gasteiger partial charge in [0, 0.05) is 31.3 Å². The van der Waals surface area contributed by atoms with Crippen LogP contribution in [0, 0.1) is 11.8 Å². The highest BCUT2D eigenvalue weighted by Crippen LogP contribution is 2.54. The van der Waals surface area contributed by atoms with Gasteiger partial charge in [-0.3, -0.25) is 24.1 Å². The molecule has 4 rings (SSSR count). The van der Waals surface area contributed by atoms with Crippen molar-refractivity contribution in [2.24, 2.45) is 17.6 Å². The summed E-state index contributed by atoms with van der Waals surface area (Å²) in [6.45, 7) is 0.0233. The molecular weight excluding hydrogens is 522 g/mol. The summed E-state index contributed by atoms with van der Waals surface area (Å²) in [6, 6.07) is 0.412. The third-order valence-corrected chi connectivity index (χ3v) is 7.91. The summed E-state index contributed by atoms with van der Waals surface area (Å²) in [5.74, 6) is -7.73. The molecule has 3 aliphatic carbocycles. The molecule has 13 heteroatoms. The van der Waals surface area contributed by atoms with E-state index in [1.165, 1.54) is 4.90 Å². The van der Waals surface area contributed by atoms with E-state index in [0.717, 1.165) is 0 Å². The number of ketones is 2. The Morgan fingerprint density at radius 1 is 1.10 bits per heavy atom. The van der Waals surface area contributed by atoms with Gasteiger partial charge in [0.2, 0.25) is 11.7 Å². The number of likely N-dealkylation sites (N-methyl/N-ethyl adjacent to an activating group) is 2. The number of phenolic OH excluding ortho intramolecular Hbond substituents is 1. The van der Waals surface area contributed by atoms with E-state index < -0.39 is 69.7 Å². The number of carbonyl (C=O) groups is 4. The maximum atomic E-state index is 14.0. The predicted octanol–water partition coefficient (Wildman–Crippen LogP) is -0.470. The Bertz CT molecular complexity index is 1400. The van der Waals surface area contributed by atoms with Crippen molar-refractivity contribution in [3.05, 3.63) is 34.1 Å². The summed E-state index contributed by atoms with van der Waals surface area (Å²) < 4.78 is 0. The molecule has 1 aromatic carbocycles. The molecule has 0 spiro atoms. The van der Waals surface area contributed by atoms with Crippen LogP contribution in [0.2, 0.25) is 0 Å². The third kappa shape index (κ3) is 4.21. The second-order valence-corrected chi connectivity index (χ2v) is 11.3. The molecule has 40 heavy (non-hydrogen) atoms. The van der Waals surface area contributed by atoms with Crippen LogP contribution in [0.4, 0.5) is 11.4 Å². The van der Waals surface area contributed by atoms with Gasteiger partial charge in [0.15, 0.2) is 11.4 Å². The van der Waals surface area contributed by atoms with E-state index in [1.54, 1.807) is 58.2 Å². The quantitative estimate of drug-likeness (QED) is 0.195. The molecule has 7 N–H and O–H groups in total. The Kier molecular flexibility index (Phi) is 7.20. The van der Waals surface area contributed by atoms with Crippen LogP contribution in [-0.2, 0) is 25.6 Å². The van der Waals surface area contributed by atoms with Gasteiger partial charge in [0.25, 0.3) is 5.91 Å². The molecule has 0 radical (unpaired) electrons. The normalized spacial score (nSPS) is 26.1. The molecule has 0 unspecified atom stereocenters. The number of carbonyl (C=O) groups excluding carboxylic acids is 4. The molecule has 3 aliphatic rings. The number of hydrogen-bond acceptors (Lipinski definition) is 11. The SMILES string of the molecule is CN(C)CC(=O)Nc1cc(N(C)C)c2c(c1O)C(O)=C1C(=O)[C@]3(O)C(O)=C(C(N)=O)C(=O)[C@@H](N(C)C)[C@@H]3C[C@@H]1C2. The number of aliphatic hydroxyl groups excluding tert-OH is 2. The number of primary amides is 1. The summed E-state index contributed by atoms with van der Waals surface area (Å²) in [4.78, 5) is 56.6. The number of hydrogen-bond donors (Lipinski definition) is 6. The zero-order valence-electron chi connectivity index (χ0n) is 23.3. The van der Waals surface area contributed by atoms with Gasteiger partial charge in [-0.1, -0.05) is 0 Å². The number of nitrogens with two attached hydrogens (primary N) is 1. The van der Waals surface area contributed by atoms with Gasteiger partial charge in [0.05, 0.1) is 23.8 Å². The van der Waals surface area contributed by atoms with Crippen molar-refractivity contribution in [2.45, 2.75) is 24.5 Å². The minimum Gasteiger partial charge on any atom is -0.508 e. The summed E-state index contributed by atoms with van der Waals surface area (Å²) in [7, 11) is 9.98. The van der Waals surface area contributed by atoms with E-state index in [0.29, 0.717) is 11.3 Å². The van der Waals surface area contributed by atoms with Gasteiger partial charge in [-0.2, -0.15) is 0 Å². The maximum absolute atomic E-state index is 14.0. The van der Waals surface area contributed by atoms with Crippen LogP contribution in [0.1, 0.15) is 17.5 Å².